The van der Waals surface area contributed by atoms with Crippen molar-refractivity contribution in [2.24, 2.45) is 0 Å². The van der Waals surface area contributed by atoms with Gasteiger partial charge >= 0.3 is 5.97 Å². The van der Waals surface area contributed by atoms with Gasteiger partial charge in [0.15, 0.2) is 6.16 Å². The highest BCUT2D eigenvalue weighted by molar-refractivity contribution is 7.96. The lowest BCUT2D eigenvalue weighted by atomic mass is 10.2. The molecule has 4 aromatic carbocycles. The number of carbonyl (C=O) groups excluding carboxylic acids is 1. The molecular weight excluding hydrogens is 488 g/mol. The molecule has 0 atom stereocenters. The Morgan fingerprint density at radius 3 is 1.75 bits per heavy atom. The first-order valence-electron chi connectivity index (χ1n) is 11.6. The van der Waals surface area contributed by atoms with E-state index in [0.717, 1.165) is 26.5 Å². The van der Waals surface area contributed by atoms with Gasteiger partial charge in [0.1, 0.15) is 40.6 Å². The fourth-order valence-corrected chi connectivity index (χ4v) is 9.04. The van der Waals surface area contributed by atoms with Crippen molar-refractivity contribution in [3.8, 4) is 10.6 Å². The maximum absolute atomic E-state index is 13.4. The monoisotopic (exact) mass is 512 g/mol. The van der Waals surface area contributed by atoms with E-state index in [2.05, 4.69) is 41.4 Å². The Morgan fingerprint density at radius 1 is 0.750 bits per heavy atom. The van der Waals surface area contributed by atoms with Crippen LogP contribution in [0.2, 0.25) is 0 Å². The summed E-state index contributed by atoms with van der Waals surface area (Å²) < 4.78 is 19.0. The smallest absolute Gasteiger partial charge is 0.345 e. The molecule has 178 valence electrons. The number of benzene rings is 4. The molecule has 6 heteroatoms. The summed E-state index contributed by atoms with van der Waals surface area (Å²) in [4.78, 5) is 18.0. The summed E-state index contributed by atoms with van der Waals surface area (Å²) in [6, 6.07) is 37.0. The van der Waals surface area contributed by atoms with Crippen LogP contribution in [0.1, 0.15) is 5.69 Å². The van der Waals surface area contributed by atoms with E-state index in [-0.39, 0.29) is 24.6 Å². The van der Waals surface area contributed by atoms with E-state index in [1.807, 2.05) is 60.0 Å². The first-order valence-corrected chi connectivity index (χ1v) is 14.4. The van der Waals surface area contributed by atoms with Crippen molar-refractivity contribution in [2.75, 3.05) is 6.16 Å². The summed E-state index contributed by atoms with van der Waals surface area (Å²) in [7, 11) is -2.31. The van der Waals surface area contributed by atoms with Gasteiger partial charge in [0, 0.05) is 10.9 Å². The minimum Gasteiger partial charge on any atom is -0.456 e. The van der Waals surface area contributed by atoms with Crippen LogP contribution in [0, 0.1) is 5.82 Å². The zero-order chi connectivity index (χ0) is 24.8. The van der Waals surface area contributed by atoms with Crippen LogP contribution in [-0.4, -0.2) is 17.1 Å². The summed E-state index contributed by atoms with van der Waals surface area (Å²) in [5, 5.41) is 6.03. The van der Waals surface area contributed by atoms with Gasteiger partial charge in [-0.05, 0) is 60.7 Å². The van der Waals surface area contributed by atoms with Gasteiger partial charge in [-0.15, -0.1) is 11.3 Å². The number of halogens is 1. The molecule has 0 unspecified atom stereocenters. The highest BCUT2D eigenvalue weighted by Crippen LogP contribution is 2.55. The average Bonchev–Trinajstić information content (AvgIpc) is 3.42. The molecule has 36 heavy (non-hydrogen) atoms. The van der Waals surface area contributed by atoms with Crippen LogP contribution < -0.4 is 15.9 Å². The van der Waals surface area contributed by atoms with Crippen molar-refractivity contribution < 1.29 is 13.9 Å². The number of hydrogen-bond acceptors (Lipinski definition) is 4. The second-order valence-electron chi connectivity index (χ2n) is 8.29. The number of aromatic nitrogens is 1. The molecule has 0 amide bonds. The van der Waals surface area contributed by atoms with Gasteiger partial charge in [-0.25, -0.2) is 14.2 Å². The Hall–Kier alpha value is -3.66. The van der Waals surface area contributed by atoms with Crippen molar-refractivity contribution >= 4 is 40.5 Å². The molecule has 0 aliphatic carbocycles. The third-order valence-corrected chi connectivity index (χ3v) is 11.2. The molecular formula is C30H24FNO2PS+. The van der Waals surface area contributed by atoms with E-state index in [1.54, 1.807) is 12.1 Å². The van der Waals surface area contributed by atoms with Crippen molar-refractivity contribution in [3.63, 3.8) is 0 Å². The van der Waals surface area contributed by atoms with Crippen LogP contribution >= 0.6 is 18.6 Å². The first-order chi connectivity index (χ1) is 17.6. The minimum absolute atomic E-state index is 0.0922. The first kappa shape index (κ1) is 24.1. The van der Waals surface area contributed by atoms with Crippen molar-refractivity contribution in [1.29, 1.82) is 0 Å². The van der Waals surface area contributed by atoms with E-state index < -0.39 is 7.26 Å². The number of ether oxygens (including phenoxy) is 1. The fourth-order valence-electron chi connectivity index (χ4n) is 4.26. The Morgan fingerprint density at radius 2 is 1.25 bits per heavy atom. The predicted molar refractivity (Wildman–Crippen MR) is 147 cm³/mol. The molecule has 0 saturated heterocycles. The molecule has 0 N–H and O–H groups in total. The third-order valence-electron chi connectivity index (χ3n) is 5.98. The number of hydrogen-bond donors (Lipinski definition) is 0. The molecule has 5 rings (SSSR count). The van der Waals surface area contributed by atoms with E-state index in [0.29, 0.717) is 5.69 Å². The second-order valence-corrected chi connectivity index (χ2v) is 12.6. The molecule has 5 aromatic rings. The Kier molecular flexibility index (Phi) is 7.31. The number of carbonyl (C=O) groups is 1. The SMILES string of the molecule is O=C(C[P+](c1ccccc1)(c1ccccc1)c1ccccc1)OCc1csc(-c2ccc(F)cc2)n1. The normalized spacial score (nSPS) is 11.2. The number of thiazole rings is 1. The zero-order valence-electron chi connectivity index (χ0n) is 19.5. The third kappa shape index (κ3) is 5.13. The van der Waals surface area contributed by atoms with E-state index in [1.165, 1.54) is 23.5 Å². The van der Waals surface area contributed by atoms with Crippen LogP contribution in [0.4, 0.5) is 4.39 Å². The molecule has 0 bridgehead atoms. The lowest BCUT2D eigenvalue weighted by Gasteiger charge is -2.26. The van der Waals surface area contributed by atoms with Crippen LogP contribution in [0.5, 0.6) is 0 Å². The summed E-state index contributed by atoms with van der Waals surface area (Å²) in [6.07, 6.45) is 0.250. The van der Waals surface area contributed by atoms with Crippen LogP contribution in [0.3, 0.4) is 0 Å². The van der Waals surface area contributed by atoms with Gasteiger partial charge in [0.05, 0.1) is 5.69 Å². The number of nitrogens with zero attached hydrogens (tertiary/aromatic N) is 1. The maximum Gasteiger partial charge on any atom is 0.345 e. The van der Waals surface area contributed by atoms with Crippen LogP contribution in [-0.2, 0) is 16.1 Å². The molecule has 1 aromatic heterocycles. The molecule has 0 radical (unpaired) electrons. The molecule has 0 aliphatic heterocycles. The fraction of sp³-hybridized carbons (Fsp3) is 0.0667. The Labute approximate surface area is 214 Å². The summed E-state index contributed by atoms with van der Waals surface area (Å²) in [5.41, 5.74) is 1.51. The van der Waals surface area contributed by atoms with E-state index in [4.69, 9.17) is 4.74 Å². The van der Waals surface area contributed by atoms with Gasteiger partial charge in [-0.1, -0.05) is 54.6 Å². The summed E-state index contributed by atoms with van der Waals surface area (Å²) >= 11 is 1.45. The average molecular weight is 513 g/mol. The maximum atomic E-state index is 13.4. The highest BCUT2D eigenvalue weighted by Gasteiger charge is 2.47. The van der Waals surface area contributed by atoms with Gasteiger partial charge in [0.2, 0.25) is 0 Å². The van der Waals surface area contributed by atoms with E-state index in [9.17, 15) is 9.18 Å². The number of esters is 1. The zero-order valence-corrected chi connectivity index (χ0v) is 21.2. The molecule has 0 aliphatic rings. The molecule has 0 fully saturated rings. The van der Waals surface area contributed by atoms with Crippen LogP contribution in [0.25, 0.3) is 10.6 Å². The van der Waals surface area contributed by atoms with Gasteiger partial charge < -0.3 is 4.74 Å². The molecule has 1 heterocycles. The Bertz CT molecular complexity index is 1330. The van der Waals surface area contributed by atoms with Crippen LogP contribution in [0.15, 0.2) is 121 Å². The van der Waals surface area contributed by atoms with Gasteiger partial charge in [-0.2, -0.15) is 0 Å². The van der Waals surface area contributed by atoms with Gasteiger partial charge in [0.25, 0.3) is 0 Å². The second kappa shape index (κ2) is 10.9. The lowest BCUT2D eigenvalue weighted by molar-refractivity contribution is -0.141. The summed E-state index contributed by atoms with van der Waals surface area (Å²) in [5.74, 6) is -0.553. The Balaban J connectivity index is 1.43. The minimum atomic E-state index is -2.31. The number of rotatable bonds is 8. The molecule has 3 nitrogen and oxygen atoms in total. The largest absolute Gasteiger partial charge is 0.456 e. The summed E-state index contributed by atoms with van der Waals surface area (Å²) in [6.45, 7) is 0.0922. The van der Waals surface area contributed by atoms with Crippen molar-refractivity contribution in [3.05, 3.63) is 132 Å². The molecule has 0 saturated carbocycles. The quantitative estimate of drug-likeness (QED) is 0.190. The predicted octanol–water partition coefficient (Wildman–Crippen LogP) is 5.99. The van der Waals surface area contributed by atoms with E-state index >= 15 is 0 Å². The highest BCUT2D eigenvalue weighted by atomic mass is 32.1. The van der Waals surface area contributed by atoms with Gasteiger partial charge in [-0.3, -0.25) is 0 Å². The standard InChI is InChI=1S/C30H24FNO2PS/c31-24-18-16-23(17-19-24)30-32-25(22-36-30)20-34-29(33)21-35(26-10-4-1-5-11-26,27-12-6-2-7-13-27)28-14-8-3-9-15-28/h1-19,22H,20-21H2/q+1. The topological polar surface area (TPSA) is 39.2 Å². The van der Waals surface area contributed by atoms with Crippen molar-refractivity contribution in [1.82, 2.24) is 4.98 Å². The van der Waals surface area contributed by atoms with Crippen molar-refractivity contribution in [2.45, 2.75) is 6.61 Å². The lowest BCUT2D eigenvalue weighted by Crippen LogP contribution is -2.36. The molecule has 0 spiro atoms.